The second-order valence-electron chi connectivity index (χ2n) is 3.58. The second kappa shape index (κ2) is 5.87. The average molecular weight is 437 g/mol. The van der Waals surface area contributed by atoms with Crippen molar-refractivity contribution >= 4 is 44.4 Å². The van der Waals surface area contributed by atoms with Gasteiger partial charge in [0.1, 0.15) is 11.4 Å². The summed E-state index contributed by atoms with van der Waals surface area (Å²) in [5, 5.41) is 10.2. The number of hydrogen-bond acceptors (Lipinski definition) is 4. The first-order valence-corrected chi connectivity index (χ1v) is 7.24. The Bertz CT molecular complexity index is 629. The molecule has 0 bridgehead atoms. The van der Waals surface area contributed by atoms with Crippen molar-refractivity contribution in [3.63, 3.8) is 0 Å². The summed E-state index contributed by atoms with van der Waals surface area (Å²) in [6.45, 7) is 2.40. The molecule has 6 nitrogen and oxygen atoms in total. The standard InChI is InChI=1S/C11H10BrIN4O2/c1-2-19-10-6(3-5(12)4-7(10)13)8-9(11(14)18)16-17-15-8/h3-4H,2H2,1H3,(H2,14,18)(H,15,16,17). The number of nitrogens with two attached hydrogens (primary N) is 1. The maximum Gasteiger partial charge on any atom is 0.271 e. The molecular formula is C11H10BrIN4O2. The fourth-order valence-electron chi connectivity index (χ4n) is 1.62. The molecule has 2 aromatic rings. The second-order valence-corrected chi connectivity index (χ2v) is 5.66. The van der Waals surface area contributed by atoms with E-state index >= 15 is 0 Å². The van der Waals surface area contributed by atoms with E-state index in [9.17, 15) is 4.79 Å². The Kier molecular flexibility index (Phi) is 4.40. The highest BCUT2D eigenvalue weighted by Crippen LogP contribution is 2.37. The van der Waals surface area contributed by atoms with Crippen molar-refractivity contribution in [3.8, 4) is 17.0 Å². The van der Waals surface area contributed by atoms with Crippen LogP contribution < -0.4 is 10.5 Å². The molecule has 0 aliphatic rings. The summed E-state index contributed by atoms with van der Waals surface area (Å²) >= 11 is 5.57. The van der Waals surface area contributed by atoms with Gasteiger partial charge in [0.2, 0.25) is 0 Å². The number of carbonyl (C=O) groups excluding carboxylic acids is 1. The van der Waals surface area contributed by atoms with E-state index in [-0.39, 0.29) is 5.69 Å². The summed E-state index contributed by atoms with van der Waals surface area (Å²) in [5.74, 6) is 0.0175. The van der Waals surface area contributed by atoms with Gasteiger partial charge in [-0.05, 0) is 41.6 Å². The molecule has 2 rings (SSSR count). The number of nitrogens with zero attached hydrogens (tertiary/aromatic N) is 2. The summed E-state index contributed by atoms with van der Waals surface area (Å²) < 4.78 is 7.38. The molecule has 0 atom stereocenters. The number of carbonyl (C=O) groups is 1. The lowest BCUT2D eigenvalue weighted by Gasteiger charge is -2.11. The third-order valence-electron chi connectivity index (χ3n) is 2.33. The van der Waals surface area contributed by atoms with E-state index < -0.39 is 5.91 Å². The number of H-pyrrole nitrogens is 1. The number of aromatic amines is 1. The Labute approximate surface area is 131 Å². The molecule has 0 spiro atoms. The molecule has 1 heterocycles. The molecule has 19 heavy (non-hydrogen) atoms. The van der Waals surface area contributed by atoms with E-state index in [2.05, 4.69) is 53.9 Å². The molecule has 0 aliphatic heterocycles. The number of nitrogens with one attached hydrogen (secondary N) is 1. The number of hydrogen-bond donors (Lipinski definition) is 2. The van der Waals surface area contributed by atoms with Gasteiger partial charge in [0.05, 0.1) is 10.2 Å². The van der Waals surface area contributed by atoms with E-state index in [1.54, 1.807) is 0 Å². The maximum atomic E-state index is 11.3. The number of amides is 1. The van der Waals surface area contributed by atoms with Crippen LogP contribution in [0.2, 0.25) is 0 Å². The van der Waals surface area contributed by atoms with Gasteiger partial charge in [-0.25, -0.2) is 0 Å². The number of rotatable bonds is 4. The molecule has 3 N–H and O–H groups in total. The lowest BCUT2D eigenvalue weighted by atomic mass is 10.1. The molecule has 1 amide bonds. The van der Waals surface area contributed by atoms with Gasteiger partial charge in [0, 0.05) is 10.0 Å². The highest BCUT2D eigenvalue weighted by Gasteiger charge is 2.21. The molecule has 0 radical (unpaired) electrons. The van der Waals surface area contributed by atoms with Crippen LogP contribution in [0.3, 0.4) is 0 Å². The Hall–Kier alpha value is -1.16. The van der Waals surface area contributed by atoms with Gasteiger partial charge >= 0.3 is 0 Å². The minimum Gasteiger partial charge on any atom is -0.492 e. The van der Waals surface area contributed by atoms with Crippen LogP contribution in [0.1, 0.15) is 17.4 Å². The van der Waals surface area contributed by atoms with Crippen LogP contribution in [0.25, 0.3) is 11.3 Å². The fourth-order valence-corrected chi connectivity index (χ4v) is 3.29. The van der Waals surface area contributed by atoms with Crippen molar-refractivity contribution in [2.75, 3.05) is 6.61 Å². The molecule has 8 heteroatoms. The normalized spacial score (nSPS) is 10.5. The highest BCUT2D eigenvalue weighted by atomic mass is 127. The summed E-state index contributed by atoms with van der Waals surface area (Å²) in [6, 6.07) is 3.73. The van der Waals surface area contributed by atoms with Crippen LogP contribution in [0, 0.1) is 3.57 Å². The Balaban J connectivity index is 2.66. The van der Waals surface area contributed by atoms with Crippen LogP contribution in [0.5, 0.6) is 5.75 Å². The van der Waals surface area contributed by atoms with Crippen molar-refractivity contribution in [1.29, 1.82) is 0 Å². The molecular weight excluding hydrogens is 427 g/mol. The topological polar surface area (TPSA) is 93.9 Å². The van der Waals surface area contributed by atoms with Crippen molar-refractivity contribution in [1.82, 2.24) is 15.4 Å². The zero-order chi connectivity index (χ0) is 14.0. The van der Waals surface area contributed by atoms with E-state index in [1.165, 1.54) is 0 Å². The number of ether oxygens (including phenoxy) is 1. The first-order chi connectivity index (χ1) is 9.04. The SMILES string of the molecule is CCOc1c(I)cc(Br)cc1-c1n[nH]nc1C(N)=O. The molecule has 1 aromatic carbocycles. The Morgan fingerprint density at radius 1 is 1.53 bits per heavy atom. The number of aromatic nitrogens is 3. The molecule has 0 fully saturated rings. The predicted molar refractivity (Wildman–Crippen MR) is 81.9 cm³/mol. The van der Waals surface area contributed by atoms with Gasteiger partial charge in [-0.3, -0.25) is 4.79 Å². The number of benzene rings is 1. The Morgan fingerprint density at radius 3 is 2.89 bits per heavy atom. The smallest absolute Gasteiger partial charge is 0.271 e. The summed E-state index contributed by atoms with van der Waals surface area (Å²) in [5.41, 5.74) is 6.43. The van der Waals surface area contributed by atoms with Crippen molar-refractivity contribution in [2.24, 2.45) is 5.73 Å². The molecule has 0 aliphatic carbocycles. The quantitative estimate of drug-likeness (QED) is 0.719. The van der Waals surface area contributed by atoms with E-state index in [0.717, 1.165) is 8.04 Å². The molecule has 0 unspecified atom stereocenters. The zero-order valence-electron chi connectivity index (χ0n) is 9.91. The average Bonchev–Trinajstić information content (AvgIpc) is 2.81. The van der Waals surface area contributed by atoms with Crippen molar-refractivity contribution in [3.05, 3.63) is 25.9 Å². The van der Waals surface area contributed by atoms with E-state index in [0.29, 0.717) is 23.6 Å². The summed E-state index contributed by atoms with van der Waals surface area (Å²) in [7, 11) is 0. The lowest BCUT2D eigenvalue weighted by molar-refractivity contribution is 0.0996. The summed E-state index contributed by atoms with van der Waals surface area (Å²) in [6.07, 6.45) is 0. The third kappa shape index (κ3) is 2.89. The summed E-state index contributed by atoms with van der Waals surface area (Å²) in [4.78, 5) is 11.3. The van der Waals surface area contributed by atoms with Crippen LogP contribution >= 0.6 is 38.5 Å². The number of primary amides is 1. The minimum absolute atomic E-state index is 0.0925. The number of halogens is 2. The Morgan fingerprint density at radius 2 is 2.26 bits per heavy atom. The largest absolute Gasteiger partial charge is 0.492 e. The van der Waals surface area contributed by atoms with Crippen LogP contribution in [-0.2, 0) is 0 Å². The third-order valence-corrected chi connectivity index (χ3v) is 3.59. The van der Waals surface area contributed by atoms with E-state index in [1.807, 2.05) is 19.1 Å². The predicted octanol–water partition coefficient (Wildman–Crippen LogP) is 2.34. The minimum atomic E-state index is -0.638. The highest BCUT2D eigenvalue weighted by molar-refractivity contribution is 14.1. The van der Waals surface area contributed by atoms with Crippen LogP contribution in [0.15, 0.2) is 16.6 Å². The van der Waals surface area contributed by atoms with Crippen LogP contribution in [-0.4, -0.2) is 27.9 Å². The van der Waals surface area contributed by atoms with Crippen molar-refractivity contribution in [2.45, 2.75) is 6.92 Å². The van der Waals surface area contributed by atoms with E-state index in [4.69, 9.17) is 10.5 Å². The fraction of sp³-hybridized carbons (Fsp3) is 0.182. The van der Waals surface area contributed by atoms with Crippen molar-refractivity contribution < 1.29 is 9.53 Å². The molecule has 0 saturated carbocycles. The first-order valence-electron chi connectivity index (χ1n) is 5.37. The molecule has 0 saturated heterocycles. The first kappa shape index (κ1) is 14.3. The van der Waals surface area contributed by atoms with Crippen LogP contribution in [0.4, 0.5) is 0 Å². The zero-order valence-corrected chi connectivity index (χ0v) is 13.6. The van der Waals surface area contributed by atoms with Gasteiger partial charge < -0.3 is 10.5 Å². The molecule has 1 aromatic heterocycles. The lowest BCUT2D eigenvalue weighted by Crippen LogP contribution is -2.13. The van der Waals surface area contributed by atoms with Gasteiger partial charge in [-0.1, -0.05) is 15.9 Å². The monoisotopic (exact) mass is 436 g/mol. The van der Waals surface area contributed by atoms with Gasteiger partial charge in [-0.2, -0.15) is 15.4 Å². The molecule has 100 valence electrons. The van der Waals surface area contributed by atoms with Gasteiger partial charge in [0.25, 0.3) is 5.91 Å². The maximum absolute atomic E-state index is 11.3. The van der Waals surface area contributed by atoms with Gasteiger partial charge in [-0.15, -0.1) is 0 Å². The van der Waals surface area contributed by atoms with Gasteiger partial charge in [0.15, 0.2) is 5.69 Å².